The molecule has 2 aromatic heterocycles. The van der Waals surface area contributed by atoms with E-state index >= 15 is 0 Å². The van der Waals surface area contributed by atoms with Gasteiger partial charge in [0.25, 0.3) is 0 Å². The topological polar surface area (TPSA) is 46.4 Å². The second-order valence-corrected chi connectivity index (χ2v) is 7.33. The fourth-order valence-electron chi connectivity index (χ4n) is 2.78. The zero-order valence-electron chi connectivity index (χ0n) is 14.2. The lowest BCUT2D eigenvalue weighted by Crippen LogP contribution is -2.25. The van der Waals surface area contributed by atoms with Gasteiger partial charge in [0.05, 0.1) is 12.1 Å². The van der Waals surface area contributed by atoms with Crippen LogP contribution in [0.15, 0.2) is 60.1 Å². The summed E-state index contributed by atoms with van der Waals surface area (Å²) in [4.78, 5) is 17.7. The summed E-state index contributed by atoms with van der Waals surface area (Å²) in [6.07, 6.45) is 2.11. The van der Waals surface area contributed by atoms with Crippen LogP contribution in [-0.4, -0.2) is 15.3 Å². The van der Waals surface area contributed by atoms with E-state index < -0.39 is 0 Å². The SMILES string of the molecule is O=C(Cc1csc2nc(-c3ccc(Cl)cc3)cn12)NCc1ccccc1F. The molecule has 0 aliphatic carbocycles. The highest BCUT2D eigenvalue weighted by atomic mass is 35.5. The Morgan fingerprint density at radius 1 is 1.19 bits per heavy atom. The molecule has 0 radical (unpaired) electrons. The molecule has 136 valence electrons. The average Bonchev–Trinajstić information content (AvgIpc) is 3.24. The van der Waals surface area contributed by atoms with Gasteiger partial charge in [0.2, 0.25) is 5.91 Å². The monoisotopic (exact) mass is 399 g/mol. The summed E-state index contributed by atoms with van der Waals surface area (Å²) >= 11 is 7.41. The third-order valence-corrected chi connectivity index (χ3v) is 5.34. The Hall–Kier alpha value is -2.70. The first-order chi connectivity index (χ1) is 13.1. The summed E-state index contributed by atoms with van der Waals surface area (Å²) in [6, 6.07) is 13.9. The molecule has 1 N–H and O–H groups in total. The number of carbonyl (C=O) groups is 1. The molecule has 0 bridgehead atoms. The highest BCUT2D eigenvalue weighted by Crippen LogP contribution is 2.25. The summed E-state index contributed by atoms with van der Waals surface area (Å²) in [5, 5.41) is 5.35. The van der Waals surface area contributed by atoms with Crippen LogP contribution in [0, 0.1) is 5.82 Å². The van der Waals surface area contributed by atoms with E-state index in [-0.39, 0.29) is 24.7 Å². The van der Waals surface area contributed by atoms with Gasteiger partial charge in [0.1, 0.15) is 5.82 Å². The molecule has 1 amide bonds. The van der Waals surface area contributed by atoms with Gasteiger partial charge in [0.15, 0.2) is 4.96 Å². The van der Waals surface area contributed by atoms with E-state index in [1.807, 2.05) is 40.2 Å². The molecule has 0 aliphatic rings. The number of benzene rings is 2. The van der Waals surface area contributed by atoms with Crippen molar-refractivity contribution in [1.82, 2.24) is 14.7 Å². The van der Waals surface area contributed by atoms with Crippen LogP contribution >= 0.6 is 22.9 Å². The molecule has 0 spiro atoms. The lowest BCUT2D eigenvalue weighted by atomic mass is 10.2. The van der Waals surface area contributed by atoms with Gasteiger partial charge in [-0.05, 0) is 18.2 Å². The van der Waals surface area contributed by atoms with Crippen molar-refractivity contribution >= 4 is 33.8 Å². The minimum atomic E-state index is -0.321. The lowest BCUT2D eigenvalue weighted by molar-refractivity contribution is -0.120. The number of halogens is 2. The maximum Gasteiger partial charge on any atom is 0.226 e. The molecule has 2 aromatic carbocycles. The molecule has 4 nitrogen and oxygen atoms in total. The van der Waals surface area contributed by atoms with Crippen LogP contribution in [-0.2, 0) is 17.8 Å². The van der Waals surface area contributed by atoms with Crippen molar-refractivity contribution in [2.45, 2.75) is 13.0 Å². The van der Waals surface area contributed by atoms with Crippen LogP contribution in [0.2, 0.25) is 5.02 Å². The third-order valence-electron chi connectivity index (χ3n) is 4.20. The number of hydrogen-bond acceptors (Lipinski definition) is 3. The molecule has 0 saturated heterocycles. The molecule has 0 saturated carbocycles. The average molecular weight is 400 g/mol. The molecule has 0 atom stereocenters. The van der Waals surface area contributed by atoms with Gasteiger partial charge in [0, 0.05) is 40.0 Å². The summed E-state index contributed by atoms with van der Waals surface area (Å²) in [6.45, 7) is 0.165. The second kappa shape index (κ2) is 7.50. The molecule has 0 fully saturated rings. The Morgan fingerprint density at radius 3 is 2.74 bits per heavy atom. The molecule has 4 rings (SSSR count). The number of nitrogens with zero attached hydrogens (tertiary/aromatic N) is 2. The number of hydrogen-bond donors (Lipinski definition) is 1. The molecule has 4 aromatic rings. The van der Waals surface area contributed by atoms with Crippen LogP contribution in [0.25, 0.3) is 16.2 Å². The summed E-state index contributed by atoms with van der Waals surface area (Å²) in [7, 11) is 0. The zero-order valence-corrected chi connectivity index (χ0v) is 15.7. The Labute approximate surface area is 164 Å². The minimum absolute atomic E-state index is 0.165. The normalized spacial score (nSPS) is 11.0. The van der Waals surface area contributed by atoms with Gasteiger partial charge in [-0.15, -0.1) is 11.3 Å². The number of nitrogens with one attached hydrogen (secondary N) is 1. The van der Waals surface area contributed by atoms with E-state index in [9.17, 15) is 9.18 Å². The van der Waals surface area contributed by atoms with Crippen molar-refractivity contribution in [2.24, 2.45) is 0 Å². The first-order valence-electron chi connectivity index (χ1n) is 8.31. The van der Waals surface area contributed by atoms with Gasteiger partial charge < -0.3 is 5.32 Å². The lowest BCUT2D eigenvalue weighted by Gasteiger charge is -2.06. The van der Waals surface area contributed by atoms with Crippen molar-refractivity contribution in [1.29, 1.82) is 0 Å². The van der Waals surface area contributed by atoms with E-state index in [2.05, 4.69) is 10.3 Å². The van der Waals surface area contributed by atoms with E-state index in [0.717, 1.165) is 21.9 Å². The highest BCUT2D eigenvalue weighted by Gasteiger charge is 2.13. The summed E-state index contributed by atoms with van der Waals surface area (Å²) in [5.41, 5.74) is 3.10. The van der Waals surface area contributed by atoms with Crippen LogP contribution < -0.4 is 5.32 Å². The first kappa shape index (κ1) is 17.7. The van der Waals surface area contributed by atoms with E-state index in [0.29, 0.717) is 10.6 Å². The molecule has 27 heavy (non-hydrogen) atoms. The molecule has 0 unspecified atom stereocenters. The van der Waals surface area contributed by atoms with Crippen LogP contribution in [0.1, 0.15) is 11.3 Å². The second-order valence-electron chi connectivity index (χ2n) is 6.06. The number of rotatable bonds is 5. The molecular weight excluding hydrogens is 385 g/mol. The van der Waals surface area contributed by atoms with Crippen molar-refractivity contribution in [3.63, 3.8) is 0 Å². The molecule has 7 heteroatoms. The smallest absolute Gasteiger partial charge is 0.226 e. The Balaban J connectivity index is 1.48. The van der Waals surface area contributed by atoms with Gasteiger partial charge in [-0.3, -0.25) is 9.20 Å². The van der Waals surface area contributed by atoms with E-state index in [1.165, 1.54) is 17.4 Å². The highest BCUT2D eigenvalue weighted by molar-refractivity contribution is 7.15. The van der Waals surface area contributed by atoms with Gasteiger partial charge in [-0.25, -0.2) is 9.37 Å². The predicted molar refractivity (Wildman–Crippen MR) is 105 cm³/mol. The number of imidazole rings is 1. The molecule has 2 heterocycles. The minimum Gasteiger partial charge on any atom is -0.352 e. The number of aromatic nitrogens is 2. The Bertz CT molecular complexity index is 1100. The first-order valence-corrected chi connectivity index (χ1v) is 9.57. The number of fused-ring (bicyclic) bond motifs is 1. The Morgan fingerprint density at radius 2 is 1.96 bits per heavy atom. The number of carbonyl (C=O) groups excluding carboxylic acids is 1. The van der Waals surface area contributed by atoms with E-state index in [4.69, 9.17) is 11.6 Å². The molecular formula is C20H15ClFN3OS. The van der Waals surface area contributed by atoms with Crippen molar-refractivity contribution < 1.29 is 9.18 Å². The van der Waals surface area contributed by atoms with Crippen LogP contribution in [0.4, 0.5) is 4.39 Å². The fourth-order valence-corrected chi connectivity index (χ4v) is 3.78. The van der Waals surface area contributed by atoms with Gasteiger partial charge in [-0.2, -0.15) is 0 Å². The van der Waals surface area contributed by atoms with Crippen molar-refractivity contribution in [3.05, 3.63) is 82.2 Å². The van der Waals surface area contributed by atoms with Crippen LogP contribution in [0.3, 0.4) is 0 Å². The maximum atomic E-state index is 13.6. The quantitative estimate of drug-likeness (QED) is 0.528. The van der Waals surface area contributed by atoms with Gasteiger partial charge in [-0.1, -0.05) is 41.9 Å². The van der Waals surface area contributed by atoms with Crippen molar-refractivity contribution in [3.8, 4) is 11.3 Å². The summed E-state index contributed by atoms with van der Waals surface area (Å²) < 4.78 is 15.6. The molecule has 0 aliphatic heterocycles. The van der Waals surface area contributed by atoms with Crippen molar-refractivity contribution in [2.75, 3.05) is 0 Å². The zero-order chi connectivity index (χ0) is 18.8. The number of amides is 1. The third kappa shape index (κ3) is 3.86. The van der Waals surface area contributed by atoms with E-state index in [1.54, 1.807) is 18.2 Å². The number of thiazole rings is 1. The predicted octanol–water partition coefficient (Wildman–Crippen LogP) is 4.71. The maximum absolute atomic E-state index is 13.6. The summed E-state index contributed by atoms with van der Waals surface area (Å²) in [5.74, 6) is -0.488. The Kier molecular flexibility index (Phi) is 4.92. The standard InChI is InChI=1S/C20H15ClFN3OS/c21-15-7-5-13(6-8-15)18-11-25-16(12-27-20(25)24-18)9-19(26)23-10-14-3-1-2-4-17(14)22/h1-8,11-12H,9-10H2,(H,23,26). The fraction of sp³-hybridized carbons (Fsp3) is 0.100. The van der Waals surface area contributed by atoms with Crippen LogP contribution in [0.5, 0.6) is 0 Å². The largest absolute Gasteiger partial charge is 0.352 e. The van der Waals surface area contributed by atoms with Gasteiger partial charge >= 0.3 is 0 Å².